The van der Waals surface area contributed by atoms with Gasteiger partial charge in [-0.1, -0.05) is 20.8 Å². The molecule has 15 heavy (non-hydrogen) atoms. The maximum atomic E-state index is 11.4. The lowest BCUT2D eigenvalue weighted by Gasteiger charge is -2.33. The molecule has 5 nitrogen and oxygen atoms in total. The van der Waals surface area contributed by atoms with E-state index >= 15 is 0 Å². The summed E-state index contributed by atoms with van der Waals surface area (Å²) in [6, 6.07) is -0.892. The smallest absolute Gasteiger partial charge is 0.410 e. The van der Waals surface area contributed by atoms with Gasteiger partial charge in [-0.15, -0.1) is 0 Å². The van der Waals surface area contributed by atoms with E-state index in [0.29, 0.717) is 0 Å². The summed E-state index contributed by atoms with van der Waals surface area (Å²) < 4.78 is 4.75. The lowest BCUT2D eigenvalue weighted by Crippen LogP contribution is -2.50. The molecule has 0 fully saturated rings. The Morgan fingerprint density at radius 1 is 1.40 bits per heavy atom. The van der Waals surface area contributed by atoms with Crippen molar-refractivity contribution in [3.63, 3.8) is 0 Å². The zero-order valence-electron chi connectivity index (χ0n) is 9.90. The number of hydrogen-bond donors (Lipinski definition) is 1. The number of likely N-dealkylation sites (N-methyl/N-ethyl adjacent to an activating group) is 1. The van der Waals surface area contributed by atoms with Gasteiger partial charge < -0.3 is 9.84 Å². The predicted molar refractivity (Wildman–Crippen MR) is 55.7 cm³/mol. The highest BCUT2D eigenvalue weighted by atomic mass is 16.6. The SMILES string of the molecule is CCOC(=O)N(C)C(C(=O)O)C(C)(C)C. The number of ether oxygens (including phenoxy) is 1. The number of nitrogens with zero attached hydrogens (tertiary/aromatic N) is 1. The largest absolute Gasteiger partial charge is 0.480 e. The van der Waals surface area contributed by atoms with Crippen LogP contribution in [0.15, 0.2) is 0 Å². The highest BCUT2D eigenvalue weighted by Crippen LogP contribution is 2.24. The van der Waals surface area contributed by atoms with Crippen molar-refractivity contribution >= 4 is 12.1 Å². The second kappa shape index (κ2) is 5.00. The van der Waals surface area contributed by atoms with Gasteiger partial charge in [0.1, 0.15) is 6.04 Å². The molecule has 5 heteroatoms. The van der Waals surface area contributed by atoms with E-state index in [9.17, 15) is 9.59 Å². The zero-order chi connectivity index (χ0) is 12.2. The molecule has 0 heterocycles. The van der Waals surface area contributed by atoms with E-state index in [1.807, 2.05) is 0 Å². The number of carbonyl (C=O) groups is 2. The van der Waals surface area contributed by atoms with Crippen LogP contribution in [0.25, 0.3) is 0 Å². The summed E-state index contributed by atoms with van der Waals surface area (Å²) in [5, 5.41) is 9.05. The van der Waals surface area contributed by atoms with E-state index in [-0.39, 0.29) is 6.61 Å². The second-order valence-corrected chi connectivity index (χ2v) is 4.42. The first-order chi connectivity index (χ1) is 6.71. The Bertz CT molecular complexity index is 244. The molecule has 0 saturated heterocycles. The zero-order valence-corrected chi connectivity index (χ0v) is 9.90. The van der Waals surface area contributed by atoms with Gasteiger partial charge in [-0.05, 0) is 12.3 Å². The first kappa shape index (κ1) is 13.7. The molecule has 0 spiro atoms. The average Bonchev–Trinajstić information content (AvgIpc) is 2.00. The van der Waals surface area contributed by atoms with Crippen LogP contribution in [0.2, 0.25) is 0 Å². The fourth-order valence-electron chi connectivity index (χ4n) is 1.45. The summed E-state index contributed by atoms with van der Waals surface area (Å²) >= 11 is 0. The van der Waals surface area contributed by atoms with Crippen molar-refractivity contribution in [2.45, 2.75) is 33.7 Å². The Morgan fingerprint density at radius 3 is 2.13 bits per heavy atom. The van der Waals surface area contributed by atoms with Gasteiger partial charge in [-0.25, -0.2) is 9.59 Å². The summed E-state index contributed by atoms with van der Waals surface area (Å²) in [5.74, 6) is -1.03. The molecule has 1 atom stereocenters. The monoisotopic (exact) mass is 217 g/mol. The summed E-state index contributed by atoms with van der Waals surface area (Å²) in [6.07, 6.45) is -0.611. The molecule has 0 aliphatic rings. The summed E-state index contributed by atoms with van der Waals surface area (Å²) in [6.45, 7) is 7.21. The normalized spacial score (nSPS) is 13.1. The molecule has 1 N–H and O–H groups in total. The second-order valence-electron chi connectivity index (χ2n) is 4.42. The Kier molecular flexibility index (Phi) is 4.58. The molecule has 88 valence electrons. The Labute approximate surface area is 90.0 Å². The van der Waals surface area contributed by atoms with Gasteiger partial charge in [-0.3, -0.25) is 4.90 Å². The first-order valence-corrected chi connectivity index (χ1v) is 4.84. The Hall–Kier alpha value is -1.26. The molecule has 0 radical (unpaired) electrons. The lowest BCUT2D eigenvalue weighted by molar-refractivity contribution is -0.146. The number of carbonyl (C=O) groups excluding carboxylic acids is 1. The molecule has 0 rings (SSSR count). The third-order valence-corrected chi connectivity index (χ3v) is 2.00. The van der Waals surface area contributed by atoms with Crippen LogP contribution < -0.4 is 0 Å². The minimum Gasteiger partial charge on any atom is -0.480 e. The van der Waals surface area contributed by atoms with Crippen molar-refractivity contribution in [2.24, 2.45) is 5.41 Å². The first-order valence-electron chi connectivity index (χ1n) is 4.84. The van der Waals surface area contributed by atoms with Gasteiger partial charge >= 0.3 is 12.1 Å². The van der Waals surface area contributed by atoms with Crippen LogP contribution in [0.1, 0.15) is 27.7 Å². The molecule has 1 amide bonds. The third-order valence-electron chi connectivity index (χ3n) is 2.00. The fraction of sp³-hybridized carbons (Fsp3) is 0.800. The quantitative estimate of drug-likeness (QED) is 0.779. The molecule has 0 aliphatic carbocycles. The van der Waals surface area contributed by atoms with E-state index in [1.165, 1.54) is 7.05 Å². The maximum absolute atomic E-state index is 11.4. The number of carboxylic acids is 1. The van der Waals surface area contributed by atoms with E-state index < -0.39 is 23.5 Å². The molecule has 0 saturated carbocycles. The predicted octanol–water partition coefficient (Wildman–Crippen LogP) is 1.57. The minimum absolute atomic E-state index is 0.236. The van der Waals surface area contributed by atoms with Crippen LogP contribution in [0.3, 0.4) is 0 Å². The van der Waals surface area contributed by atoms with E-state index in [2.05, 4.69) is 0 Å². The van der Waals surface area contributed by atoms with Crippen molar-refractivity contribution in [3.8, 4) is 0 Å². The van der Waals surface area contributed by atoms with Crippen molar-refractivity contribution in [3.05, 3.63) is 0 Å². The summed E-state index contributed by atoms with van der Waals surface area (Å²) in [4.78, 5) is 23.5. The van der Waals surface area contributed by atoms with Gasteiger partial charge in [-0.2, -0.15) is 0 Å². The molecule has 1 unspecified atom stereocenters. The number of carboxylic acid groups (broad SMARTS) is 1. The van der Waals surface area contributed by atoms with E-state index in [0.717, 1.165) is 4.90 Å². The average molecular weight is 217 g/mol. The van der Waals surface area contributed by atoms with Gasteiger partial charge in [0.15, 0.2) is 0 Å². The Morgan fingerprint density at radius 2 is 1.87 bits per heavy atom. The van der Waals surface area contributed by atoms with Crippen molar-refractivity contribution in [2.75, 3.05) is 13.7 Å². The van der Waals surface area contributed by atoms with Crippen LogP contribution in [0, 0.1) is 5.41 Å². The summed E-state index contributed by atoms with van der Waals surface area (Å²) in [5.41, 5.74) is -0.534. The van der Waals surface area contributed by atoms with Crippen LogP contribution in [-0.4, -0.2) is 41.8 Å². The molecular formula is C10H19NO4. The minimum atomic E-state index is -1.03. The highest BCUT2D eigenvalue weighted by Gasteiger charge is 2.37. The molecule has 0 bridgehead atoms. The van der Waals surface area contributed by atoms with Crippen LogP contribution in [0.5, 0.6) is 0 Å². The van der Waals surface area contributed by atoms with Gasteiger partial charge in [0.2, 0.25) is 0 Å². The number of amides is 1. The van der Waals surface area contributed by atoms with Crippen molar-refractivity contribution in [1.29, 1.82) is 0 Å². The lowest BCUT2D eigenvalue weighted by atomic mass is 9.86. The number of rotatable bonds is 3. The van der Waals surface area contributed by atoms with Crippen molar-refractivity contribution < 1.29 is 19.4 Å². The van der Waals surface area contributed by atoms with Gasteiger partial charge in [0.25, 0.3) is 0 Å². The molecule has 0 aromatic rings. The standard InChI is InChI=1S/C10H19NO4/c1-6-15-9(14)11(5)7(8(12)13)10(2,3)4/h7H,6H2,1-5H3,(H,12,13). The molecule has 0 aromatic heterocycles. The van der Waals surface area contributed by atoms with Crippen LogP contribution in [-0.2, 0) is 9.53 Å². The van der Waals surface area contributed by atoms with Crippen LogP contribution >= 0.6 is 0 Å². The molecule has 0 aliphatic heterocycles. The highest BCUT2D eigenvalue weighted by molar-refractivity contribution is 5.80. The fourth-order valence-corrected chi connectivity index (χ4v) is 1.45. The van der Waals surface area contributed by atoms with E-state index in [4.69, 9.17) is 9.84 Å². The van der Waals surface area contributed by atoms with Gasteiger partial charge in [0, 0.05) is 7.05 Å². The van der Waals surface area contributed by atoms with Crippen LogP contribution in [0.4, 0.5) is 4.79 Å². The molecule has 0 aromatic carbocycles. The molecular weight excluding hydrogens is 198 g/mol. The number of aliphatic carboxylic acids is 1. The van der Waals surface area contributed by atoms with Crippen molar-refractivity contribution in [1.82, 2.24) is 4.90 Å². The third kappa shape index (κ3) is 3.77. The van der Waals surface area contributed by atoms with E-state index in [1.54, 1.807) is 27.7 Å². The van der Waals surface area contributed by atoms with Gasteiger partial charge in [0.05, 0.1) is 6.61 Å². The topological polar surface area (TPSA) is 66.8 Å². The number of hydrogen-bond acceptors (Lipinski definition) is 3. The maximum Gasteiger partial charge on any atom is 0.410 e. The Balaban J connectivity index is 4.79. The summed E-state index contributed by atoms with van der Waals surface area (Å²) in [7, 11) is 1.43.